The molecule has 0 aliphatic carbocycles. The number of nitrogens with one attached hydrogen (secondary N) is 1. The smallest absolute Gasteiger partial charge is 0.141 e. The highest BCUT2D eigenvalue weighted by Crippen LogP contribution is 2.13. The van der Waals surface area contributed by atoms with E-state index in [-0.39, 0.29) is 5.82 Å². The summed E-state index contributed by atoms with van der Waals surface area (Å²) in [6, 6.07) is 2.15. The van der Waals surface area contributed by atoms with E-state index in [0.717, 1.165) is 12.1 Å². The Morgan fingerprint density at radius 1 is 1.56 bits per heavy atom. The van der Waals surface area contributed by atoms with Gasteiger partial charge >= 0.3 is 0 Å². The molecule has 88 valence electrons. The Labute approximate surface area is 95.7 Å². The zero-order valence-electron chi connectivity index (χ0n) is 9.62. The minimum atomic E-state index is -0.266. The van der Waals surface area contributed by atoms with E-state index in [0.29, 0.717) is 12.6 Å². The fourth-order valence-electron chi connectivity index (χ4n) is 2.17. The maximum absolute atomic E-state index is 12.9. The van der Waals surface area contributed by atoms with Gasteiger partial charge in [0, 0.05) is 25.3 Å². The van der Waals surface area contributed by atoms with Gasteiger partial charge in [-0.2, -0.15) is 0 Å². The molecule has 1 aromatic rings. The van der Waals surface area contributed by atoms with Gasteiger partial charge in [-0.15, -0.1) is 0 Å². The standard InChI is InChI=1S/C12H18FN3/c1-16-4-2-3-12(16)9-15-7-10-5-11(13)8-14-6-10/h5-6,8,12,15H,2-4,7,9H2,1H3. The van der Waals surface area contributed by atoms with Crippen molar-refractivity contribution in [1.82, 2.24) is 15.2 Å². The third-order valence-corrected chi connectivity index (χ3v) is 3.14. The summed E-state index contributed by atoms with van der Waals surface area (Å²) in [4.78, 5) is 6.20. The molecule has 1 aliphatic heterocycles. The van der Waals surface area contributed by atoms with Crippen molar-refractivity contribution in [3.05, 3.63) is 29.8 Å². The van der Waals surface area contributed by atoms with Crippen LogP contribution in [0.2, 0.25) is 0 Å². The van der Waals surface area contributed by atoms with Crippen LogP contribution < -0.4 is 5.32 Å². The number of nitrogens with zero attached hydrogens (tertiary/aromatic N) is 2. The fraction of sp³-hybridized carbons (Fsp3) is 0.583. The zero-order chi connectivity index (χ0) is 11.4. The minimum Gasteiger partial charge on any atom is -0.311 e. The topological polar surface area (TPSA) is 28.2 Å². The molecule has 4 heteroatoms. The zero-order valence-corrected chi connectivity index (χ0v) is 9.62. The van der Waals surface area contributed by atoms with Crippen LogP contribution in [-0.2, 0) is 6.54 Å². The first-order chi connectivity index (χ1) is 7.75. The van der Waals surface area contributed by atoms with Crippen molar-refractivity contribution in [2.24, 2.45) is 0 Å². The van der Waals surface area contributed by atoms with Gasteiger partial charge in [-0.05, 0) is 38.1 Å². The molecule has 1 atom stereocenters. The van der Waals surface area contributed by atoms with Gasteiger partial charge in [-0.25, -0.2) is 4.39 Å². The van der Waals surface area contributed by atoms with Crippen molar-refractivity contribution in [1.29, 1.82) is 0 Å². The van der Waals surface area contributed by atoms with Crippen LogP contribution in [0.25, 0.3) is 0 Å². The van der Waals surface area contributed by atoms with E-state index in [1.165, 1.54) is 31.6 Å². The number of hydrogen-bond acceptors (Lipinski definition) is 3. The number of aromatic nitrogens is 1. The summed E-state index contributed by atoms with van der Waals surface area (Å²) in [7, 11) is 2.16. The van der Waals surface area contributed by atoms with E-state index in [4.69, 9.17) is 0 Å². The normalized spacial score (nSPS) is 21.5. The summed E-state index contributed by atoms with van der Waals surface area (Å²) in [5.74, 6) is -0.266. The van der Waals surface area contributed by atoms with E-state index < -0.39 is 0 Å². The van der Waals surface area contributed by atoms with Gasteiger partial charge in [-0.1, -0.05) is 0 Å². The summed E-state index contributed by atoms with van der Waals surface area (Å²) in [6.45, 7) is 2.84. The van der Waals surface area contributed by atoms with Gasteiger partial charge < -0.3 is 10.2 Å². The first-order valence-electron chi connectivity index (χ1n) is 5.76. The van der Waals surface area contributed by atoms with E-state index >= 15 is 0 Å². The third-order valence-electron chi connectivity index (χ3n) is 3.14. The van der Waals surface area contributed by atoms with Gasteiger partial charge in [-0.3, -0.25) is 4.98 Å². The predicted molar refractivity (Wildman–Crippen MR) is 61.6 cm³/mol. The van der Waals surface area contributed by atoms with Crippen molar-refractivity contribution in [2.75, 3.05) is 20.1 Å². The number of halogens is 1. The summed E-state index contributed by atoms with van der Waals surface area (Å²) in [5, 5.41) is 3.35. The quantitative estimate of drug-likeness (QED) is 0.836. The van der Waals surface area contributed by atoms with Gasteiger partial charge in [0.15, 0.2) is 0 Å². The molecule has 0 bridgehead atoms. The molecule has 1 unspecified atom stereocenters. The van der Waals surface area contributed by atoms with E-state index in [1.54, 1.807) is 6.20 Å². The van der Waals surface area contributed by atoms with Gasteiger partial charge in [0.2, 0.25) is 0 Å². The first-order valence-corrected chi connectivity index (χ1v) is 5.76. The highest BCUT2D eigenvalue weighted by atomic mass is 19.1. The van der Waals surface area contributed by atoms with Crippen LogP contribution in [0.5, 0.6) is 0 Å². The largest absolute Gasteiger partial charge is 0.311 e. The lowest BCUT2D eigenvalue weighted by Gasteiger charge is -2.19. The number of rotatable bonds is 4. The predicted octanol–water partition coefficient (Wildman–Crippen LogP) is 1.40. The van der Waals surface area contributed by atoms with Crippen LogP contribution in [0, 0.1) is 5.82 Å². The minimum absolute atomic E-state index is 0.266. The second-order valence-corrected chi connectivity index (χ2v) is 4.42. The van der Waals surface area contributed by atoms with E-state index in [2.05, 4.69) is 22.2 Å². The van der Waals surface area contributed by atoms with E-state index in [9.17, 15) is 4.39 Å². The number of likely N-dealkylation sites (tertiary alicyclic amines) is 1. The van der Waals surface area contributed by atoms with Gasteiger partial charge in [0.25, 0.3) is 0 Å². The molecule has 0 radical (unpaired) electrons. The number of likely N-dealkylation sites (N-methyl/N-ethyl adjacent to an activating group) is 1. The first kappa shape index (κ1) is 11.5. The molecule has 1 aromatic heterocycles. The van der Waals surface area contributed by atoms with Crippen LogP contribution in [0.1, 0.15) is 18.4 Å². The molecule has 3 nitrogen and oxygen atoms in total. The van der Waals surface area contributed by atoms with Crippen LogP contribution in [0.15, 0.2) is 18.5 Å². The lowest BCUT2D eigenvalue weighted by atomic mass is 10.2. The van der Waals surface area contributed by atoms with Crippen molar-refractivity contribution in [3.63, 3.8) is 0 Å². The van der Waals surface area contributed by atoms with Crippen molar-refractivity contribution >= 4 is 0 Å². The lowest BCUT2D eigenvalue weighted by molar-refractivity contribution is 0.300. The van der Waals surface area contributed by atoms with Crippen molar-refractivity contribution < 1.29 is 4.39 Å². The average Bonchev–Trinajstić information content (AvgIpc) is 2.65. The Hall–Kier alpha value is -1.00. The number of hydrogen-bond donors (Lipinski definition) is 1. The molecule has 1 fully saturated rings. The molecule has 0 saturated carbocycles. The molecule has 1 saturated heterocycles. The molecule has 2 rings (SSSR count). The lowest BCUT2D eigenvalue weighted by Crippen LogP contribution is -2.35. The Bertz CT molecular complexity index is 343. The summed E-state index contributed by atoms with van der Waals surface area (Å²) in [5.41, 5.74) is 0.903. The summed E-state index contributed by atoms with van der Waals surface area (Å²) < 4.78 is 12.9. The Morgan fingerprint density at radius 3 is 3.12 bits per heavy atom. The molecule has 0 amide bonds. The summed E-state index contributed by atoms with van der Waals surface area (Å²) >= 11 is 0. The fourth-order valence-corrected chi connectivity index (χ4v) is 2.17. The van der Waals surface area contributed by atoms with Crippen molar-refractivity contribution in [2.45, 2.75) is 25.4 Å². The molecule has 2 heterocycles. The Balaban J connectivity index is 1.75. The Morgan fingerprint density at radius 2 is 2.44 bits per heavy atom. The highest BCUT2D eigenvalue weighted by Gasteiger charge is 2.19. The number of pyridine rings is 1. The molecule has 1 N–H and O–H groups in total. The van der Waals surface area contributed by atoms with Gasteiger partial charge in [0.05, 0.1) is 6.20 Å². The van der Waals surface area contributed by atoms with Crippen molar-refractivity contribution in [3.8, 4) is 0 Å². The second-order valence-electron chi connectivity index (χ2n) is 4.42. The second kappa shape index (κ2) is 5.37. The highest BCUT2D eigenvalue weighted by molar-refractivity contribution is 5.09. The summed E-state index contributed by atoms with van der Waals surface area (Å²) in [6.07, 6.45) is 5.47. The molecule has 1 aliphatic rings. The van der Waals surface area contributed by atoms with Crippen LogP contribution in [0.3, 0.4) is 0 Å². The van der Waals surface area contributed by atoms with E-state index in [1.807, 2.05) is 0 Å². The molecule has 16 heavy (non-hydrogen) atoms. The third kappa shape index (κ3) is 3.00. The maximum Gasteiger partial charge on any atom is 0.141 e. The van der Waals surface area contributed by atoms with Crippen LogP contribution in [0.4, 0.5) is 4.39 Å². The monoisotopic (exact) mass is 223 g/mol. The molecule has 0 spiro atoms. The van der Waals surface area contributed by atoms with Gasteiger partial charge in [0.1, 0.15) is 5.82 Å². The average molecular weight is 223 g/mol. The van der Waals surface area contributed by atoms with Crippen LogP contribution in [-0.4, -0.2) is 36.1 Å². The molecule has 0 aromatic carbocycles. The molecular weight excluding hydrogens is 205 g/mol. The SMILES string of the molecule is CN1CCCC1CNCc1cncc(F)c1. The van der Waals surface area contributed by atoms with Crippen LogP contribution >= 0.6 is 0 Å². The Kier molecular flexibility index (Phi) is 3.85. The molecular formula is C12H18FN3. The maximum atomic E-state index is 12.9.